The lowest BCUT2D eigenvalue weighted by atomic mass is 10.0. The second kappa shape index (κ2) is 15.8. The Bertz CT molecular complexity index is 1980. The maximum Gasteiger partial charge on any atom is 0.256 e. The van der Waals surface area contributed by atoms with E-state index >= 15 is 0 Å². The average Bonchev–Trinajstić information content (AvgIpc) is 3.99. The number of hydrogen-bond donors (Lipinski definition) is 2. The molecule has 2 saturated heterocycles. The molecule has 1 aromatic heterocycles. The van der Waals surface area contributed by atoms with Crippen LogP contribution < -0.4 is 5.32 Å². The molecular formula is C42H43N5O5. The third-order valence-corrected chi connectivity index (χ3v) is 10.1. The maximum absolute atomic E-state index is 13.6. The zero-order valence-corrected chi connectivity index (χ0v) is 29.4. The Hall–Kier alpha value is -5.58. The molecule has 266 valence electrons. The summed E-state index contributed by atoms with van der Waals surface area (Å²) in [4.78, 5) is 51.7. The van der Waals surface area contributed by atoms with Crippen molar-refractivity contribution in [3.63, 3.8) is 0 Å². The number of H-pyrrole nitrogens is 1. The van der Waals surface area contributed by atoms with E-state index in [1.807, 2.05) is 96.0 Å². The monoisotopic (exact) mass is 697 g/mol. The number of benzene rings is 4. The van der Waals surface area contributed by atoms with Crippen molar-refractivity contribution in [2.75, 3.05) is 39.2 Å². The van der Waals surface area contributed by atoms with Crippen LogP contribution in [0.3, 0.4) is 0 Å². The molecule has 0 radical (unpaired) electrons. The number of amides is 3. The van der Waals surface area contributed by atoms with Gasteiger partial charge in [-0.15, -0.1) is 0 Å². The van der Waals surface area contributed by atoms with Crippen molar-refractivity contribution >= 4 is 23.4 Å². The molecule has 0 bridgehead atoms. The van der Waals surface area contributed by atoms with E-state index in [4.69, 9.17) is 14.5 Å². The highest BCUT2D eigenvalue weighted by atomic mass is 16.5. The molecule has 3 heterocycles. The van der Waals surface area contributed by atoms with Gasteiger partial charge in [-0.3, -0.25) is 14.4 Å². The van der Waals surface area contributed by atoms with Crippen LogP contribution in [-0.4, -0.2) is 71.3 Å². The first-order valence-electron chi connectivity index (χ1n) is 17.7. The minimum absolute atomic E-state index is 0.0547. The largest absolute Gasteiger partial charge is 0.367 e. The van der Waals surface area contributed by atoms with Crippen LogP contribution in [0, 0.1) is 5.92 Å². The number of imidazole rings is 1. The molecule has 7 rings (SSSR count). The van der Waals surface area contributed by atoms with Gasteiger partial charge in [0.05, 0.1) is 23.9 Å². The van der Waals surface area contributed by atoms with E-state index in [-0.39, 0.29) is 29.7 Å². The molecule has 0 saturated carbocycles. The molecule has 10 heteroatoms. The van der Waals surface area contributed by atoms with Gasteiger partial charge in [0, 0.05) is 39.5 Å². The lowest BCUT2D eigenvalue weighted by molar-refractivity contribution is -0.143. The first kappa shape index (κ1) is 34.9. The topological polar surface area (TPSA) is 117 Å². The van der Waals surface area contributed by atoms with Crippen molar-refractivity contribution in [1.82, 2.24) is 19.8 Å². The van der Waals surface area contributed by atoms with Crippen LogP contribution in [0.15, 0.2) is 115 Å². The summed E-state index contributed by atoms with van der Waals surface area (Å²) in [7, 11) is 3.10. The number of nitrogens with one attached hydrogen (secondary N) is 2. The molecule has 0 unspecified atom stereocenters. The molecule has 3 amide bonds. The van der Waals surface area contributed by atoms with E-state index < -0.39 is 12.2 Å². The number of aromatic amines is 1. The van der Waals surface area contributed by atoms with Crippen LogP contribution in [-0.2, 0) is 23.9 Å². The predicted molar refractivity (Wildman–Crippen MR) is 199 cm³/mol. The van der Waals surface area contributed by atoms with Crippen LogP contribution in [0.1, 0.15) is 54.5 Å². The molecule has 52 heavy (non-hydrogen) atoms. The van der Waals surface area contributed by atoms with Crippen molar-refractivity contribution in [1.29, 1.82) is 0 Å². The lowest BCUT2D eigenvalue weighted by Gasteiger charge is -2.27. The van der Waals surface area contributed by atoms with Crippen LogP contribution in [0.2, 0.25) is 0 Å². The summed E-state index contributed by atoms with van der Waals surface area (Å²) in [6.45, 7) is 1.54. The van der Waals surface area contributed by atoms with Gasteiger partial charge in [0.25, 0.3) is 11.8 Å². The van der Waals surface area contributed by atoms with Crippen molar-refractivity contribution in [3.8, 4) is 22.4 Å². The summed E-state index contributed by atoms with van der Waals surface area (Å²) in [6.07, 6.45) is 2.83. The van der Waals surface area contributed by atoms with E-state index in [0.29, 0.717) is 31.7 Å². The highest BCUT2D eigenvalue weighted by molar-refractivity contribution is 5.94. The fourth-order valence-electron chi connectivity index (χ4n) is 7.31. The maximum atomic E-state index is 13.6. The minimum Gasteiger partial charge on any atom is -0.367 e. The number of carbonyl (C=O) groups is 3. The first-order valence-corrected chi connectivity index (χ1v) is 17.7. The van der Waals surface area contributed by atoms with Gasteiger partial charge >= 0.3 is 0 Å². The number of likely N-dealkylation sites (tertiary alicyclic amines) is 2. The van der Waals surface area contributed by atoms with Gasteiger partial charge in [-0.2, -0.15) is 0 Å². The normalized spacial score (nSPS) is 18.3. The van der Waals surface area contributed by atoms with Gasteiger partial charge in [-0.25, -0.2) is 4.98 Å². The molecule has 0 spiro atoms. The first-order chi connectivity index (χ1) is 25.4. The van der Waals surface area contributed by atoms with Crippen molar-refractivity contribution in [3.05, 3.63) is 132 Å². The zero-order chi connectivity index (χ0) is 36.0. The number of methoxy groups -OCH3 is 2. The fraction of sp³-hybridized carbons (Fsp3) is 0.286. The Morgan fingerprint density at radius 1 is 0.731 bits per heavy atom. The highest BCUT2D eigenvalue weighted by Crippen LogP contribution is 2.35. The van der Waals surface area contributed by atoms with Crippen LogP contribution in [0.4, 0.5) is 5.69 Å². The second-order valence-corrected chi connectivity index (χ2v) is 13.3. The number of aromatic nitrogens is 2. The minimum atomic E-state index is -0.684. The van der Waals surface area contributed by atoms with E-state index in [1.54, 1.807) is 12.0 Å². The summed E-state index contributed by atoms with van der Waals surface area (Å²) >= 11 is 0. The van der Waals surface area contributed by atoms with Crippen LogP contribution in [0.5, 0.6) is 0 Å². The Morgan fingerprint density at radius 2 is 1.31 bits per heavy atom. The van der Waals surface area contributed by atoms with Gasteiger partial charge in [0.2, 0.25) is 5.91 Å². The molecule has 2 aliphatic rings. The SMILES string of the molecule is CO[C@H](C(=O)N1CC[C@@H](C(=O)Nc2ccc(-c3ccc(-c4cnc([C@@H]5CCCN5C(=O)[C@@H](OC)c5ccccc5)[nH]4)cc3)cc2)C1)c1ccccc1. The van der Waals surface area contributed by atoms with Gasteiger partial charge in [0.15, 0.2) is 12.2 Å². The Kier molecular flexibility index (Phi) is 10.6. The number of rotatable bonds is 11. The molecule has 4 atom stereocenters. The molecule has 2 fully saturated rings. The van der Waals surface area contributed by atoms with Crippen molar-refractivity contribution in [2.24, 2.45) is 5.92 Å². The lowest BCUT2D eigenvalue weighted by Crippen LogP contribution is -2.35. The summed E-state index contributed by atoms with van der Waals surface area (Å²) < 4.78 is 11.2. The summed E-state index contributed by atoms with van der Waals surface area (Å²) in [5.74, 6) is 0.204. The Labute approximate surface area is 303 Å². The number of hydrogen-bond acceptors (Lipinski definition) is 6. The highest BCUT2D eigenvalue weighted by Gasteiger charge is 2.37. The number of anilines is 1. The summed E-state index contributed by atoms with van der Waals surface area (Å²) in [6, 6.07) is 34.9. The summed E-state index contributed by atoms with van der Waals surface area (Å²) in [5, 5.41) is 3.03. The van der Waals surface area contributed by atoms with E-state index in [0.717, 1.165) is 52.2 Å². The number of carbonyl (C=O) groups excluding carboxylic acids is 3. The molecule has 5 aromatic rings. The van der Waals surface area contributed by atoms with Gasteiger partial charge < -0.3 is 29.6 Å². The van der Waals surface area contributed by atoms with E-state index in [9.17, 15) is 14.4 Å². The van der Waals surface area contributed by atoms with Crippen molar-refractivity contribution in [2.45, 2.75) is 37.5 Å². The van der Waals surface area contributed by atoms with Gasteiger partial charge in [-0.05, 0) is 59.2 Å². The van der Waals surface area contributed by atoms with Crippen LogP contribution >= 0.6 is 0 Å². The molecule has 4 aromatic carbocycles. The zero-order valence-electron chi connectivity index (χ0n) is 29.4. The molecule has 10 nitrogen and oxygen atoms in total. The Morgan fingerprint density at radius 3 is 1.92 bits per heavy atom. The second-order valence-electron chi connectivity index (χ2n) is 13.3. The third-order valence-electron chi connectivity index (χ3n) is 10.1. The van der Waals surface area contributed by atoms with E-state index in [1.165, 1.54) is 7.11 Å². The molecule has 0 aliphatic carbocycles. The quantitative estimate of drug-likeness (QED) is 0.154. The summed E-state index contributed by atoms with van der Waals surface area (Å²) in [5.41, 5.74) is 6.28. The van der Waals surface area contributed by atoms with Crippen molar-refractivity contribution < 1.29 is 23.9 Å². The number of nitrogens with zero attached hydrogens (tertiary/aromatic N) is 3. The predicted octanol–water partition coefficient (Wildman–Crippen LogP) is 6.97. The van der Waals surface area contributed by atoms with E-state index in [2.05, 4.69) is 34.6 Å². The van der Waals surface area contributed by atoms with Gasteiger partial charge in [0.1, 0.15) is 5.82 Å². The standard InChI is InChI=1S/C42H43N5O5/c1-51-37(31-10-5-3-6-11-31)41(49)46-25-23-33(27-46)40(48)44-34-21-19-29(20-22-34)28-15-17-30(18-16-28)35-26-43-39(45-35)36-14-9-24-47(36)42(50)38(52-2)32-12-7-4-8-13-32/h3-8,10-13,15-22,26,33,36-38H,9,14,23-25,27H2,1-2H3,(H,43,45)(H,44,48)/t33-,36+,37+,38+/m1/s1. The fourth-order valence-corrected chi connectivity index (χ4v) is 7.31. The number of ether oxygens (including phenoxy) is 2. The smallest absolute Gasteiger partial charge is 0.256 e. The third kappa shape index (κ3) is 7.39. The molecule has 2 N–H and O–H groups in total. The van der Waals surface area contributed by atoms with Gasteiger partial charge in [-0.1, -0.05) is 97.1 Å². The molecular weight excluding hydrogens is 654 g/mol. The average molecular weight is 698 g/mol. The Balaban J connectivity index is 0.948. The van der Waals surface area contributed by atoms with Crippen LogP contribution in [0.25, 0.3) is 22.4 Å². The molecule has 2 aliphatic heterocycles.